The van der Waals surface area contributed by atoms with Crippen molar-refractivity contribution in [2.45, 2.75) is 37.6 Å². The number of primary amides is 1. The van der Waals surface area contributed by atoms with E-state index in [1.807, 2.05) is 0 Å². The standard InChI is InChI=1S/C15H19FN4O5S/c16-13-12(7-1-3-8(17)4-2-7)9(15(18)23)5-10(21)14(13)20-6-11(22)19-26(20,24)25/h5,7-8,21H,1-4,6,17H2,(H2,18,23)(H,19,22). The van der Waals surface area contributed by atoms with Gasteiger partial charge in [-0.25, -0.2) is 13.4 Å². The van der Waals surface area contributed by atoms with Crippen molar-refractivity contribution in [1.82, 2.24) is 4.72 Å². The van der Waals surface area contributed by atoms with Crippen molar-refractivity contribution in [3.8, 4) is 5.75 Å². The Morgan fingerprint density at radius 2 is 1.92 bits per heavy atom. The zero-order chi connectivity index (χ0) is 19.2. The normalized spacial score (nSPS) is 25.2. The van der Waals surface area contributed by atoms with Gasteiger partial charge in [-0.3, -0.25) is 9.59 Å². The molecule has 0 unspecified atom stereocenters. The van der Waals surface area contributed by atoms with Crippen molar-refractivity contribution in [1.29, 1.82) is 0 Å². The largest absolute Gasteiger partial charge is 0.506 e. The fourth-order valence-corrected chi connectivity index (χ4v) is 4.70. The molecule has 0 atom stereocenters. The molecule has 1 saturated heterocycles. The highest BCUT2D eigenvalue weighted by atomic mass is 32.2. The summed E-state index contributed by atoms with van der Waals surface area (Å²) in [5.41, 5.74) is 10.3. The van der Waals surface area contributed by atoms with Gasteiger partial charge in [0, 0.05) is 17.2 Å². The van der Waals surface area contributed by atoms with Crippen LogP contribution in [0.2, 0.25) is 0 Å². The summed E-state index contributed by atoms with van der Waals surface area (Å²) in [6.07, 6.45) is 2.21. The van der Waals surface area contributed by atoms with Gasteiger partial charge in [0.1, 0.15) is 18.0 Å². The highest BCUT2D eigenvalue weighted by Gasteiger charge is 2.40. The third-order valence-electron chi connectivity index (χ3n) is 4.77. The lowest BCUT2D eigenvalue weighted by Crippen LogP contribution is -2.32. The number of phenols is 1. The van der Waals surface area contributed by atoms with Gasteiger partial charge in [0.2, 0.25) is 5.91 Å². The Morgan fingerprint density at radius 1 is 1.31 bits per heavy atom. The van der Waals surface area contributed by atoms with Gasteiger partial charge in [0.05, 0.1) is 0 Å². The van der Waals surface area contributed by atoms with E-state index in [2.05, 4.69) is 0 Å². The fraction of sp³-hybridized carbons (Fsp3) is 0.467. The second-order valence-corrected chi connectivity index (χ2v) is 8.13. The number of carbonyl (C=O) groups excluding carboxylic acids is 2. The topological polar surface area (TPSA) is 156 Å². The highest BCUT2D eigenvalue weighted by Crippen LogP contribution is 2.43. The number of nitrogens with one attached hydrogen (secondary N) is 1. The van der Waals surface area contributed by atoms with Gasteiger partial charge in [-0.15, -0.1) is 0 Å². The average molecular weight is 386 g/mol. The summed E-state index contributed by atoms with van der Waals surface area (Å²) in [6.45, 7) is -0.669. The number of nitrogens with two attached hydrogens (primary N) is 2. The van der Waals surface area contributed by atoms with E-state index in [1.165, 1.54) is 0 Å². The molecule has 1 heterocycles. The van der Waals surface area contributed by atoms with Crippen LogP contribution in [-0.4, -0.2) is 37.9 Å². The minimum atomic E-state index is -4.33. The van der Waals surface area contributed by atoms with Crippen molar-refractivity contribution in [2.75, 3.05) is 10.8 Å². The van der Waals surface area contributed by atoms with E-state index in [0.29, 0.717) is 30.0 Å². The lowest BCUT2D eigenvalue weighted by molar-refractivity contribution is -0.117. The number of benzene rings is 1. The summed E-state index contributed by atoms with van der Waals surface area (Å²) in [4.78, 5) is 23.2. The summed E-state index contributed by atoms with van der Waals surface area (Å²) in [7, 11) is -4.33. The third kappa shape index (κ3) is 3.07. The minimum Gasteiger partial charge on any atom is -0.506 e. The first kappa shape index (κ1) is 18.4. The number of amides is 2. The first-order valence-corrected chi connectivity index (χ1v) is 9.50. The van der Waals surface area contributed by atoms with Gasteiger partial charge in [0.15, 0.2) is 5.82 Å². The van der Waals surface area contributed by atoms with E-state index in [0.717, 1.165) is 6.07 Å². The molecule has 0 bridgehead atoms. The number of aromatic hydroxyl groups is 1. The number of hydrogen-bond acceptors (Lipinski definition) is 6. The van der Waals surface area contributed by atoms with Crippen molar-refractivity contribution >= 4 is 27.7 Å². The molecule has 9 nitrogen and oxygen atoms in total. The molecule has 2 fully saturated rings. The van der Waals surface area contributed by atoms with Crippen LogP contribution in [0, 0.1) is 5.82 Å². The van der Waals surface area contributed by atoms with Crippen molar-refractivity contribution < 1.29 is 27.5 Å². The molecule has 1 aliphatic carbocycles. The Labute approximate surface area is 149 Å². The first-order valence-electron chi connectivity index (χ1n) is 8.06. The Morgan fingerprint density at radius 3 is 2.42 bits per heavy atom. The van der Waals surface area contributed by atoms with Crippen LogP contribution in [0.3, 0.4) is 0 Å². The molecule has 2 aliphatic rings. The lowest BCUT2D eigenvalue weighted by atomic mass is 9.79. The molecule has 2 amide bonds. The van der Waals surface area contributed by atoms with Crippen LogP contribution in [-0.2, 0) is 15.0 Å². The van der Waals surface area contributed by atoms with Crippen molar-refractivity contribution in [3.05, 3.63) is 23.0 Å². The number of rotatable bonds is 3. The molecule has 142 valence electrons. The van der Waals surface area contributed by atoms with Crippen LogP contribution < -0.4 is 20.5 Å². The summed E-state index contributed by atoms with van der Waals surface area (Å²) >= 11 is 0. The number of anilines is 1. The van der Waals surface area contributed by atoms with Crippen molar-refractivity contribution in [2.24, 2.45) is 11.5 Å². The molecular weight excluding hydrogens is 367 g/mol. The molecule has 1 aliphatic heterocycles. The maximum atomic E-state index is 15.3. The summed E-state index contributed by atoms with van der Waals surface area (Å²) in [6, 6.07) is 0.923. The van der Waals surface area contributed by atoms with Crippen LogP contribution in [0.5, 0.6) is 5.75 Å². The van der Waals surface area contributed by atoms with E-state index >= 15 is 4.39 Å². The SMILES string of the molecule is NC(=O)c1cc(O)c(N2CC(=O)NS2(=O)=O)c(F)c1C1CCC(N)CC1. The van der Waals surface area contributed by atoms with E-state index in [9.17, 15) is 23.1 Å². The Hall–Kier alpha value is -2.40. The monoisotopic (exact) mass is 386 g/mol. The number of carbonyl (C=O) groups is 2. The second kappa shape index (κ2) is 6.40. The summed E-state index contributed by atoms with van der Waals surface area (Å²) < 4.78 is 41.5. The molecule has 3 rings (SSSR count). The highest BCUT2D eigenvalue weighted by molar-refractivity contribution is 7.92. The quantitative estimate of drug-likeness (QED) is 0.563. The minimum absolute atomic E-state index is 0.0243. The molecule has 26 heavy (non-hydrogen) atoms. The van der Waals surface area contributed by atoms with E-state index in [4.69, 9.17) is 11.5 Å². The summed E-state index contributed by atoms with van der Waals surface area (Å²) in [5, 5.41) is 10.2. The Balaban J connectivity index is 2.17. The molecule has 0 radical (unpaired) electrons. The van der Waals surface area contributed by atoms with E-state index < -0.39 is 51.7 Å². The van der Waals surface area contributed by atoms with Gasteiger partial charge in [0.25, 0.3) is 5.91 Å². The number of hydrogen-bond donors (Lipinski definition) is 4. The Kier molecular flexibility index (Phi) is 4.53. The predicted octanol–water partition coefficient (Wildman–Crippen LogP) is -0.204. The van der Waals surface area contributed by atoms with Gasteiger partial charge < -0.3 is 16.6 Å². The molecule has 1 aromatic rings. The lowest BCUT2D eigenvalue weighted by Gasteiger charge is -2.29. The second-order valence-electron chi connectivity index (χ2n) is 6.53. The van der Waals surface area contributed by atoms with Crippen LogP contribution in [0.25, 0.3) is 0 Å². The fourth-order valence-electron chi connectivity index (χ4n) is 3.54. The van der Waals surface area contributed by atoms with Crippen LogP contribution in [0.15, 0.2) is 6.07 Å². The number of phenolic OH excluding ortho intramolecular Hbond substituents is 1. The first-order chi connectivity index (χ1) is 12.1. The van der Waals surface area contributed by atoms with Crippen LogP contribution >= 0.6 is 0 Å². The maximum absolute atomic E-state index is 15.3. The molecule has 1 saturated carbocycles. The van der Waals surface area contributed by atoms with E-state index in [1.54, 1.807) is 4.72 Å². The van der Waals surface area contributed by atoms with Gasteiger partial charge in [-0.1, -0.05) is 0 Å². The number of nitrogens with zero attached hydrogens (tertiary/aromatic N) is 1. The van der Waals surface area contributed by atoms with Crippen LogP contribution in [0.1, 0.15) is 47.5 Å². The zero-order valence-electron chi connectivity index (χ0n) is 13.7. The van der Waals surface area contributed by atoms with Gasteiger partial charge in [-0.2, -0.15) is 8.42 Å². The zero-order valence-corrected chi connectivity index (χ0v) is 14.6. The Bertz CT molecular complexity index is 881. The molecule has 0 aromatic heterocycles. The maximum Gasteiger partial charge on any atom is 0.326 e. The van der Waals surface area contributed by atoms with Crippen molar-refractivity contribution in [3.63, 3.8) is 0 Å². The van der Waals surface area contributed by atoms with E-state index in [-0.39, 0.29) is 17.2 Å². The molecule has 6 N–H and O–H groups in total. The molecule has 0 spiro atoms. The van der Waals surface area contributed by atoms with Crippen LogP contribution in [0.4, 0.5) is 10.1 Å². The molecule has 1 aromatic carbocycles. The predicted molar refractivity (Wildman–Crippen MR) is 90.2 cm³/mol. The molecular formula is C15H19FN4O5S. The smallest absolute Gasteiger partial charge is 0.326 e. The van der Waals surface area contributed by atoms with Gasteiger partial charge >= 0.3 is 10.2 Å². The average Bonchev–Trinajstić information content (AvgIpc) is 2.80. The van der Waals surface area contributed by atoms with Gasteiger partial charge in [-0.05, 0) is 37.7 Å². The third-order valence-corrected chi connectivity index (χ3v) is 6.15. The summed E-state index contributed by atoms with van der Waals surface area (Å²) in [5.74, 6) is -4.04. The number of halogens is 1. The molecule has 11 heteroatoms.